The number of carbonyl (C=O) groups is 2. The molecule has 3 aliphatic heterocycles. The molecule has 1 aromatic heterocycles. The van der Waals surface area contributed by atoms with Gasteiger partial charge >= 0.3 is 0 Å². The number of fused-ring (bicyclic) bond motifs is 2. The van der Waals surface area contributed by atoms with Gasteiger partial charge in [-0.1, -0.05) is 19.8 Å². The van der Waals surface area contributed by atoms with Crippen LogP contribution < -0.4 is 25.2 Å². The molecule has 4 heterocycles. The Bertz CT molecular complexity index is 1490. The lowest BCUT2D eigenvalue weighted by Crippen LogP contribution is -2.55. The number of hydrogen-bond donors (Lipinski definition) is 2. The van der Waals surface area contributed by atoms with E-state index in [2.05, 4.69) is 58.1 Å². The van der Waals surface area contributed by atoms with Crippen molar-refractivity contribution in [1.82, 2.24) is 25.1 Å². The van der Waals surface area contributed by atoms with Crippen molar-refractivity contribution in [2.75, 3.05) is 55.4 Å². The average molecular weight is 645 g/mol. The van der Waals surface area contributed by atoms with Crippen molar-refractivity contribution < 1.29 is 14.3 Å². The SMILES string of the molecule is CC[C@@H]1C(=O)N(C)c2cnc(Nc3ccc(C(=O)NC4CCC(N5CCN(C)CC5)CC4)c4c3OC(C)(C)C4)nc2N1C1CCCC1. The second-order valence-electron chi connectivity index (χ2n) is 15.0. The highest BCUT2D eigenvalue weighted by Gasteiger charge is 2.42. The fraction of sp³-hybridized carbons (Fsp3) is 0.667. The van der Waals surface area contributed by atoms with E-state index in [1.165, 1.54) is 12.8 Å². The lowest BCUT2D eigenvalue weighted by Gasteiger charge is -2.43. The van der Waals surface area contributed by atoms with E-state index in [-0.39, 0.29) is 23.9 Å². The number of amides is 2. The van der Waals surface area contributed by atoms with Gasteiger partial charge in [0.15, 0.2) is 5.82 Å². The van der Waals surface area contributed by atoms with Gasteiger partial charge in [-0.3, -0.25) is 14.5 Å². The summed E-state index contributed by atoms with van der Waals surface area (Å²) in [6.07, 6.45) is 11.9. The Labute approximate surface area is 279 Å². The lowest BCUT2D eigenvalue weighted by molar-refractivity contribution is -0.120. The van der Waals surface area contributed by atoms with Gasteiger partial charge in [0.05, 0.1) is 11.9 Å². The summed E-state index contributed by atoms with van der Waals surface area (Å²) in [4.78, 5) is 45.7. The van der Waals surface area contributed by atoms with Gasteiger partial charge in [0.25, 0.3) is 5.91 Å². The van der Waals surface area contributed by atoms with Crippen molar-refractivity contribution in [1.29, 1.82) is 0 Å². The van der Waals surface area contributed by atoms with Gasteiger partial charge in [0.2, 0.25) is 11.9 Å². The normalized spacial score (nSPS) is 26.6. The van der Waals surface area contributed by atoms with Gasteiger partial charge in [0.1, 0.15) is 23.1 Å². The molecule has 11 heteroatoms. The summed E-state index contributed by atoms with van der Waals surface area (Å²) in [6.45, 7) is 10.8. The number of carbonyl (C=O) groups excluding carboxylic acids is 2. The second kappa shape index (κ2) is 12.9. The number of hydrogen-bond acceptors (Lipinski definition) is 9. The fourth-order valence-electron chi connectivity index (χ4n) is 8.57. The molecule has 3 fully saturated rings. The molecule has 2 amide bonds. The van der Waals surface area contributed by atoms with Crippen molar-refractivity contribution in [2.45, 2.75) is 115 Å². The smallest absolute Gasteiger partial charge is 0.251 e. The maximum absolute atomic E-state index is 13.7. The molecule has 0 unspecified atom stereocenters. The van der Waals surface area contributed by atoms with Crippen LogP contribution in [0.3, 0.4) is 0 Å². The molecule has 5 aliphatic rings. The van der Waals surface area contributed by atoms with Crippen LogP contribution in [0.1, 0.15) is 94.5 Å². The first-order valence-corrected chi connectivity index (χ1v) is 17.9. The predicted molar refractivity (Wildman–Crippen MR) is 185 cm³/mol. The van der Waals surface area contributed by atoms with Gasteiger partial charge in [-0.25, -0.2) is 4.98 Å². The Hall–Kier alpha value is -3.44. The number of benzene rings is 1. The number of likely N-dealkylation sites (N-methyl/N-ethyl adjacent to an activating group) is 2. The first-order valence-electron chi connectivity index (χ1n) is 17.9. The molecule has 1 atom stereocenters. The molecule has 2 saturated carbocycles. The van der Waals surface area contributed by atoms with Crippen LogP contribution in [0, 0.1) is 0 Å². The van der Waals surface area contributed by atoms with Gasteiger partial charge < -0.3 is 30.1 Å². The number of nitrogens with zero attached hydrogens (tertiary/aromatic N) is 6. The van der Waals surface area contributed by atoms with E-state index in [0.717, 1.165) is 93.9 Å². The standard InChI is InChI=1S/C36H52N8O3/c1-6-29-34(46)42(5)30-22-37-35(40-32(30)44(29)25-9-7-8-10-25)39-28-16-15-26(27-21-36(2,3)47-31(27)28)33(45)38-23-11-13-24(14-12-23)43-19-17-41(4)18-20-43/h15-16,22-25,29H,6-14,17-21H2,1-5H3,(H,38,45)(H,37,39,40)/t23?,24?,29-/m1/s1. The molecule has 7 rings (SSSR count). The third kappa shape index (κ3) is 6.28. The molecule has 1 aromatic carbocycles. The lowest BCUT2D eigenvalue weighted by atomic mass is 9.89. The molecule has 2 aliphatic carbocycles. The Kier molecular flexibility index (Phi) is 8.80. The van der Waals surface area contributed by atoms with Crippen LogP contribution in [0.15, 0.2) is 18.3 Å². The average Bonchev–Trinajstić information content (AvgIpc) is 3.71. The quantitative estimate of drug-likeness (QED) is 0.443. The minimum Gasteiger partial charge on any atom is -0.485 e. The van der Waals surface area contributed by atoms with E-state index in [0.29, 0.717) is 35.8 Å². The van der Waals surface area contributed by atoms with Crippen LogP contribution in [0.2, 0.25) is 0 Å². The fourth-order valence-corrected chi connectivity index (χ4v) is 8.57. The highest BCUT2D eigenvalue weighted by atomic mass is 16.5. The van der Waals surface area contributed by atoms with E-state index in [4.69, 9.17) is 9.72 Å². The van der Waals surface area contributed by atoms with Crippen molar-refractivity contribution in [3.8, 4) is 5.75 Å². The summed E-state index contributed by atoms with van der Waals surface area (Å²) in [5, 5.41) is 6.80. The monoisotopic (exact) mass is 644 g/mol. The third-order valence-electron chi connectivity index (χ3n) is 11.2. The van der Waals surface area contributed by atoms with E-state index >= 15 is 0 Å². The zero-order valence-electron chi connectivity index (χ0n) is 28.8. The van der Waals surface area contributed by atoms with Crippen molar-refractivity contribution in [3.63, 3.8) is 0 Å². The van der Waals surface area contributed by atoms with Crippen LogP contribution in [-0.2, 0) is 11.2 Å². The summed E-state index contributed by atoms with van der Waals surface area (Å²) in [6, 6.07) is 4.73. The molecular formula is C36H52N8O3. The zero-order valence-corrected chi connectivity index (χ0v) is 28.8. The molecular weight excluding hydrogens is 592 g/mol. The Morgan fingerprint density at radius 3 is 2.43 bits per heavy atom. The largest absolute Gasteiger partial charge is 0.485 e. The van der Waals surface area contributed by atoms with Gasteiger partial charge in [-0.2, -0.15) is 4.98 Å². The minimum atomic E-state index is -0.441. The Morgan fingerprint density at radius 2 is 1.72 bits per heavy atom. The van der Waals surface area contributed by atoms with E-state index in [1.807, 2.05) is 19.2 Å². The molecule has 2 N–H and O–H groups in total. The van der Waals surface area contributed by atoms with Crippen LogP contribution in [0.25, 0.3) is 0 Å². The molecule has 47 heavy (non-hydrogen) atoms. The van der Waals surface area contributed by atoms with Crippen molar-refractivity contribution >= 4 is 35.0 Å². The molecule has 0 bridgehead atoms. The van der Waals surface area contributed by atoms with E-state index < -0.39 is 5.60 Å². The van der Waals surface area contributed by atoms with Crippen LogP contribution >= 0.6 is 0 Å². The summed E-state index contributed by atoms with van der Waals surface area (Å²) < 4.78 is 6.48. The third-order valence-corrected chi connectivity index (χ3v) is 11.2. The number of ether oxygens (including phenoxy) is 1. The summed E-state index contributed by atoms with van der Waals surface area (Å²) in [5.41, 5.74) is 2.65. The zero-order chi connectivity index (χ0) is 32.9. The van der Waals surface area contributed by atoms with Crippen molar-refractivity contribution in [2.24, 2.45) is 0 Å². The van der Waals surface area contributed by atoms with E-state index in [9.17, 15) is 9.59 Å². The Balaban J connectivity index is 1.09. The van der Waals surface area contributed by atoms with Crippen molar-refractivity contribution in [3.05, 3.63) is 29.5 Å². The van der Waals surface area contributed by atoms with Gasteiger partial charge in [-0.05, 0) is 78.0 Å². The van der Waals surface area contributed by atoms with Gasteiger partial charge in [0, 0.05) is 68.9 Å². The Morgan fingerprint density at radius 1 is 1.00 bits per heavy atom. The molecule has 2 aromatic rings. The first kappa shape index (κ1) is 32.1. The number of anilines is 4. The maximum atomic E-state index is 13.7. The molecule has 0 radical (unpaired) electrons. The molecule has 0 spiro atoms. The van der Waals surface area contributed by atoms with Crippen LogP contribution in [-0.4, -0.2) is 102 Å². The minimum absolute atomic E-state index is 0.0207. The number of piperazine rings is 1. The summed E-state index contributed by atoms with van der Waals surface area (Å²) in [5.74, 6) is 2.03. The highest BCUT2D eigenvalue weighted by Crippen LogP contribution is 2.45. The number of nitrogens with one attached hydrogen (secondary N) is 2. The summed E-state index contributed by atoms with van der Waals surface area (Å²) in [7, 11) is 4.02. The topological polar surface area (TPSA) is 106 Å². The first-order chi connectivity index (χ1) is 22.6. The number of aromatic nitrogens is 2. The summed E-state index contributed by atoms with van der Waals surface area (Å²) >= 11 is 0. The highest BCUT2D eigenvalue weighted by molar-refractivity contribution is 6.04. The van der Waals surface area contributed by atoms with E-state index in [1.54, 1.807) is 11.1 Å². The number of rotatable bonds is 7. The maximum Gasteiger partial charge on any atom is 0.251 e. The van der Waals surface area contributed by atoms with Gasteiger partial charge in [-0.15, -0.1) is 0 Å². The molecule has 254 valence electrons. The van der Waals surface area contributed by atoms with Crippen LogP contribution in [0.5, 0.6) is 5.75 Å². The molecule has 11 nitrogen and oxygen atoms in total. The second-order valence-corrected chi connectivity index (χ2v) is 15.0. The predicted octanol–water partition coefficient (Wildman–Crippen LogP) is 4.73. The molecule has 1 saturated heterocycles. The van der Waals surface area contributed by atoms with Crippen LogP contribution in [0.4, 0.5) is 23.1 Å².